The average Bonchev–Trinajstić information content (AvgIpc) is 3.34. The predicted molar refractivity (Wildman–Crippen MR) is 149 cm³/mol. The van der Waals surface area contributed by atoms with Crippen LogP contribution in [0, 0.1) is 13.8 Å². The number of esters is 3. The second-order valence-electron chi connectivity index (χ2n) is 9.68. The highest BCUT2D eigenvalue weighted by atomic mass is 16.7. The molecule has 0 fully saturated rings. The fourth-order valence-corrected chi connectivity index (χ4v) is 5.09. The number of hydrogen-bond donors (Lipinski definition) is 5. The average molecular weight is 627 g/mol. The number of fused-ring (bicyclic) bond motifs is 1. The Morgan fingerprint density at radius 2 is 1.42 bits per heavy atom. The van der Waals surface area contributed by atoms with Gasteiger partial charge in [-0.25, -0.2) is 14.4 Å². The Balaban J connectivity index is 2.09. The van der Waals surface area contributed by atoms with Gasteiger partial charge in [0, 0.05) is 24.7 Å². The molecule has 3 aromatic rings. The zero-order chi connectivity index (χ0) is 33.5. The molecule has 15 heteroatoms. The third kappa shape index (κ3) is 4.98. The Hall–Kier alpha value is -5.83. The lowest BCUT2D eigenvalue weighted by Crippen LogP contribution is -2.11. The number of carbonyl (C=O) groups is 5. The Kier molecular flexibility index (Phi) is 8.59. The van der Waals surface area contributed by atoms with Crippen molar-refractivity contribution in [2.45, 2.75) is 26.6 Å². The normalized spacial score (nSPS) is 13.5. The molecule has 0 amide bonds. The third-order valence-electron chi connectivity index (χ3n) is 7.33. The van der Waals surface area contributed by atoms with Gasteiger partial charge in [0.25, 0.3) is 0 Å². The van der Waals surface area contributed by atoms with Crippen LogP contribution >= 0.6 is 0 Å². The van der Waals surface area contributed by atoms with Crippen LogP contribution in [0.4, 0.5) is 0 Å². The van der Waals surface area contributed by atoms with Crippen molar-refractivity contribution in [3.05, 3.63) is 61.7 Å². The lowest BCUT2D eigenvalue weighted by atomic mass is 9.89. The van der Waals surface area contributed by atoms with Crippen molar-refractivity contribution in [1.29, 1.82) is 0 Å². The maximum Gasteiger partial charge on any atom is 0.345 e. The van der Waals surface area contributed by atoms with E-state index in [1.807, 2.05) is 0 Å². The molecule has 0 aliphatic carbocycles. The van der Waals surface area contributed by atoms with E-state index in [0.29, 0.717) is 0 Å². The minimum Gasteiger partial charge on any atom is -0.507 e. The maximum absolute atomic E-state index is 12.9. The van der Waals surface area contributed by atoms with E-state index in [1.165, 1.54) is 13.8 Å². The number of aryl methyl sites for hydroxylation is 1. The molecule has 5 N–H and O–H groups in total. The van der Waals surface area contributed by atoms with Crippen molar-refractivity contribution in [2.24, 2.45) is 0 Å². The van der Waals surface area contributed by atoms with Crippen LogP contribution in [0.3, 0.4) is 0 Å². The lowest BCUT2D eigenvalue weighted by molar-refractivity contribution is -0.0823. The monoisotopic (exact) mass is 626 g/mol. The first kappa shape index (κ1) is 32.1. The molecule has 3 aromatic carbocycles. The number of phenolic OH excluding ortho intramolecular Hbond substituents is 5. The molecule has 236 valence electrons. The number of ether oxygens (including phenoxy) is 5. The number of phenols is 5. The van der Waals surface area contributed by atoms with E-state index in [4.69, 9.17) is 18.9 Å². The van der Waals surface area contributed by atoms with Crippen molar-refractivity contribution in [2.75, 3.05) is 21.3 Å². The van der Waals surface area contributed by atoms with Gasteiger partial charge in [-0.15, -0.1) is 0 Å². The molecule has 0 aromatic heterocycles. The highest BCUT2D eigenvalue weighted by molar-refractivity contribution is 6.02. The van der Waals surface area contributed by atoms with Crippen molar-refractivity contribution >= 4 is 30.5 Å². The summed E-state index contributed by atoms with van der Waals surface area (Å²) in [5.41, 5.74) is -3.88. The van der Waals surface area contributed by atoms with Gasteiger partial charge in [-0.3, -0.25) is 9.59 Å². The number of benzene rings is 3. The number of hydrogen-bond acceptors (Lipinski definition) is 15. The molecule has 4 rings (SSSR count). The number of methoxy groups -OCH3 is 3. The van der Waals surface area contributed by atoms with Crippen molar-refractivity contribution in [3.63, 3.8) is 0 Å². The van der Waals surface area contributed by atoms with Gasteiger partial charge in [0.1, 0.15) is 39.7 Å². The molecule has 0 saturated heterocycles. The second-order valence-corrected chi connectivity index (χ2v) is 9.68. The molecule has 15 nitrogen and oxygen atoms in total. The molecule has 1 unspecified atom stereocenters. The molecule has 0 bridgehead atoms. The summed E-state index contributed by atoms with van der Waals surface area (Å²) in [6.45, 7) is 2.67. The van der Waals surface area contributed by atoms with Crippen molar-refractivity contribution in [3.8, 4) is 40.2 Å². The smallest absolute Gasteiger partial charge is 0.345 e. The summed E-state index contributed by atoms with van der Waals surface area (Å²) < 4.78 is 25.7. The van der Waals surface area contributed by atoms with E-state index >= 15 is 0 Å². The summed E-state index contributed by atoms with van der Waals surface area (Å²) in [6.07, 6.45) is -2.06. The standard InChI is InChI=1S/C30H26O15/c1-10-6-16(33)14(8-31)25(17(10)27(38)41-3)44-26-20-19(29(40)45-30(20)43-5)22(35)13(24(26)37)7-12-11(2)18(28(39)42-4)23(36)15(9-32)21(12)34/h6,8-9,30,33-37H,7H2,1-5H3. The molecular weight excluding hydrogens is 600 g/mol. The fraction of sp³-hybridized carbons (Fsp3) is 0.233. The van der Waals surface area contributed by atoms with Crippen LogP contribution in [0.2, 0.25) is 0 Å². The first-order chi connectivity index (χ1) is 21.3. The summed E-state index contributed by atoms with van der Waals surface area (Å²) >= 11 is 0. The molecule has 1 heterocycles. The van der Waals surface area contributed by atoms with Crippen molar-refractivity contribution in [1.82, 2.24) is 0 Å². The van der Waals surface area contributed by atoms with Crippen LogP contribution in [-0.2, 0) is 25.4 Å². The largest absolute Gasteiger partial charge is 0.507 e. The van der Waals surface area contributed by atoms with Gasteiger partial charge >= 0.3 is 17.9 Å². The zero-order valence-corrected chi connectivity index (χ0v) is 24.3. The summed E-state index contributed by atoms with van der Waals surface area (Å²) in [6, 6.07) is 1.10. The molecule has 1 aliphatic rings. The lowest BCUT2D eigenvalue weighted by Gasteiger charge is -2.22. The van der Waals surface area contributed by atoms with Crippen LogP contribution in [-0.4, -0.2) is 77.3 Å². The second kappa shape index (κ2) is 12.0. The number of rotatable bonds is 9. The summed E-state index contributed by atoms with van der Waals surface area (Å²) in [5, 5.41) is 54.7. The maximum atomic E-state index is 12.9. The Labute approximate surface area is 253 Å². The molecule has 0 spiro atoms. The van der Waals surface area contributed by atoms with Gasteiger partial charge < -0.3 is 49.2 Å². The first-order valence-electron chi connectivity index (χ1n) is 12.8. The fourth-order valence-electron chi connectivity index (χ4n) is 5.09. The summed E-state index contributed by atoms with van der Waals surface area (Å²) in [7, 11) is 3.18. The van der Waals surface area contributed by atoms with Gasteiger partial charge in [0.15, 0.2) is 29.8 Å². The Morgan fingerprint density at radius 3 is 1.98 bits per heavy atom. The minimum atomic E-state index is -1.58. The predicted octanol–water partition coefficient (Wildman–Crippen LogP) is 3.23. The van der Waals surface area contributed by atoms with E-state index in [9.17, 15) is 49.5 Å². The molecule has 1 aliphatic heterocycles. The zero-order valence-electron chi connectivity index (χ0n) is 24.3. The van der Waals surface area contributed by atoms with E-state index < -0.39 is 98.7 Å². The van der Waals surface area contributed by atoms with E-state index in [-0.39, 0.29) is 40.4 Å². The number of carbonyl (C=O) groups excluding carboxylic acids is 5. The van der Waals surface area contributed by atoms with Gasteiger partial charge in [-0.1, -0.05) is 0 Å². The number of aldehydes is 2. The topological polar surface area (TPSA) is 233 Å². The van der Waals surface area contributed by atoms with Gasteiger partial charge in [0.2, 0.25) is 6.29 Å². The number of cyclic esters (lactones) is 1. The number of aromatic hydroxyl groups is 5. The highest BCUT2D eigenvalue weighted by Crippen LogP contribution is 2.54. The molecule has 0 radical (unpaired) electrons. The van der Waals surface area contributed by atoms with E-state index in [2.05, 4.69) is 4.74 Å². The van der Waals surface area contributed by atoms with Crippen LogP contribution in [0.5, 0.6) is 40.2 Å². The van der Waals surface area contributed by atoms with E-state index in [0.717, 1.165) is 27.4 Å². The molecule has 1 atom stereocenters. The van der Waals surface area contributed by atoms with Crippen molar-refractivity contribution < 1.29 is 73.2 Å². The van der Waals surface area contributed by atoms with Gasteiger partial charge in [-0.2, -0.15) is 0 Å². The highest BCUT2D eigenvalue weighted by Gasteiger charge is 2.42. The molecule has 0 saturated carbocycles. The third-order valence-corrected chi connectivity index (χ3v) is 7.33. The minimum absolute atomic E-state index is 0.0665. The van der Waals surface area contributed by atoms with Crippen LogP contribution in [0.15, 0.2) is 6.07 Å². The Bertz CT molecular complexity index is 1800. The summed E-state index contributed by atoms with van der Waals surface area (Å²) in [5.74, 6) is -8.64. The first-order valence-corrected chi connectivity index (χ1v) is 12.8. The molecule has 45 heavy (non-hydrogen) atoms. The van der Waals surface area contributed by atoms with Gasteiger partial charge in [0.05, 0.1) is 30.9 Å². The van der Waals surface area contributed by atoms with E-state index in [1.54, 1.807) is 0 Å². The van der Waals surface area contributed by atoms with Gasteiger partial charge in [-0.05, 0) is 31.0 Å². The Morgan fingerprint density at radius 1 is 0.822 bits per heavy atom. The van der Waals surface area contributed by atoms with Crippen LogP contribution < -0.4 is 4.74 Å². The SMILES string of the molecule is COC(=O)c1c(C)c(Cc2c(O)c(Oc3c(C=O)c(O)cc(C)c3C(=O)OC)c3c(c2O)C(=O)OC3OC)c(O)c(C=O)c1O. The van der Waals surface area contributed by atoms with Crippen LogP contribution in [0.1, 0.15) is 85.9 Å². The summed E-state index contributed by atoms with van der Waals surface area (Å²) in [4.78, 5) is 61.9. The van der Waals surface area contributed by atoms with Crippen LogP contribution in [0.25, 0.3) is 0 Å². The molecular formula is C30H26O15. The quantitative estimate of drug-likeness (QED) is 0.130.